The Kier molecular flexibility index (Phi) is 4.25. The molecule has 2 rings (SSSR count). The summed E-state index contributed by atoms with van der Waals surface area (Å²) in [4.78, 5) is 12.4. The van der Waals surface area contributed by atoms with Crippen molar-refractivity contribution in [2.75, 3.05) is 6.61 Å². The zero-order valence-electron chi connectivity index (χ0n) is 12.8. The van der Waals surface area contributed by atoms with Gasteiger partial charge in [0, 0.05) is 30.6 Å². The van der Waals surface area contributed by atoms with E-state index < -0.39 is 11.0 Å². The Morgan fingerprint density at radius 2 is 2.14 bits per heavy atom. The van der Waals surface area contributed by atoms with Crippen LogP contribution in [0.2, 0.25) is 0 Å². The van der Waals surface area contributed by atoms with Gasteiger partial charge in [-0.1, -0.05) is 32.0 Å². The zero-order valence-corrected chi connectivity index (χ0v) is 12.8. The molecule has 1 aromatic rings. The van der Waals surface area contributed by atoms with Crippen molar-refractivity contribution in [2.45, 2.75) is 45.4 Å². The summed E-state index contributed by atoms with van der Waals surface area (Å²) in [5, 5.41) is 12.5. The molecule has 0 radical (unpaired) electrons. The number of phenols is 1. The number of benzene rings is 1. The Balaban J connectivity index is 2.00. The summed E-state index contributed by atoms with van der Waals surface area (Å²) in [5.41, 5.74) is 5.62. The van der Waals surface area contributed by atoms with Gasteiger partial charge in [-0.2, -0.15) is 0 Å². The van der Waals surface area contributed by atoms with Gasteiger partial charge in [0.15, 0.2) is 0 Å². The molecular weight excluding hydrogens is 268 g/mol. The standard InChI is InChI=1S/C16H24N2O3/c1-4-21-13-9-16(17,15(13,2)3)14(20)18-10-11-7-5-6-8-12(11)19/h5-8,13,19H,4,9-10,17H2,1-3H3,(H,18,20). The average Bonchev–Trinajstić information content (AvgIpc) is 2.45. The summed E-state index contributed by atoms with van der Waals surface area (Å²) in [6.07, 6.45) is 0.517. The lowest BCUT2D eigenvalue weighted by Crippen LogP contribution is -2.75. The van der Waals surface area contributed by atoms with Crippen molar-refractivity contribution < 1.29 is 14.6 Å². The third-order valence-corrected chi connectivity index (χ3v) is 4.67. The SMILES string of the molecule is CCOC1CC(N)(C(=O)NCc2ccccc2O)C1(C)C. The Morgan fingerprint density at radius 1 is 1.48 bits per heavy atom. The fourth-order valence-electron chi connectivity index (χ4n) is 2.81. The van der Waals surface area contributed by atoms with E-state index in [1.807, 2.05) is 26.8 Å². The van der Waals surface area contributed by atoms with Gasteiger partial charge < -0.3 is 20.9 Å². The Labute approximate surface area is 125 Å². The number of nitrogens with two attached hydrogens (primary N) is 1. The van der Waals surface area contributed by atoms with Crippen LogP contribution in [-0.4, -0.2) is 29.3 Å². The van der Waals surface area contributed by atoms with E-state index in [4.69, 9.17) is 10.5 Å². The molecule has 1 saturated carbocycles. The number of aromatic hydroxyl groups is 1. The first-order valence-electron chi connectivity index (χ1n) is 7.28. The van der Waals surface area contributed by atoms with Crippen LogP contribution in [0.4, 0.5) is 0 Å². The summed E-state index contributed by atoms with van der Waals surface area (Å²) < 4.78 is 5.62. The van der Waals surface area contributed by atoms with Crippen LogP contribution in [0.3, 0.4) is 0 Å². The molecule has 116 valence electrons. The molecule has 4 N–H and O–H groups in total. The van der Waals surface area contributed by atoms with E-state index in [2.05, 4.69) is 5.32 Å². The second kappa shape index (κ2) is 5.66. The summed E-state index contributed by atoms with van der Waals surface area (Å²) >= 11 is 0. The van der Waals surface area contributed by atoms with Gasteiger partial charge in [-0.25, -0.2) is 0 Å². The van der Waals surface area contributed by atoms with Gasteiger partial charge in [0.25, 0.3) is 0 Å². The molecule has 0 heterocycles. The Morgan fingerprint density at radius 3 is 2.71 bits per heavy atom. The molecule has 0 saturated heterocycles. The molecule has 1 fully saturated rings. The summed E-state index contributed by atoms with van der Waals surface area (Å²) in [5.74, 6) is -0.0318. The molecule has 2 atom stereocenters. The maximum absolute atomic E-state index is 12.4. The number of para-hydroxylation sites is 1. The highest BCUT2D eigenvalue weighted by Crippen LogP contribution is 2.49. The molecule has 5 nitrogen and oxygen atoms in total. The number of hydrogen-bond donors (Lipinski definition) is 3. The minimum absolute atomic E-state index is 0.00313. The van der Waals surface area contributed by atoms with Gasteiger partial charge in [0.1, 0.15) is 11.3 Å². The van der Waals surface area contributed by atoms with Crippen LogP contribution < -0.4 is 11.1 Å². The molecule has 0 aromatic heterocycles. The second-order valence-electron chi connectivity index (χ2n) is 6.15. The van der Waals surface area contributed by atoms with Crippen LogP contribution in [-0.2, 0) is 16.1 Å². The first-order chi connectivity index (χ1) is 9.83. The highest BCUT2D eigenvalue weighted by Gasteiger charge is 2.62. The number of nitrogens with one attached hydrogen (secondary N) is 1. The van der Waals surface area contributed by atoms with Gasteiger partial charge in [-0.05, 0) is 13.0 Å². The zero-order chi connectivity index (χ0) is 15.7. The fraction of sp³-hybridized carbons (Fsp3) is 0.562. The van der Waals surface area contributed by atoms with Gasteiger partial charge in [0.2, 0.25) is 5.91 Å². The van der Waals surface area contributed by atoms with Crippen molar-refractivity contribution >= 4 is 5.91 Å². The van der Waals surface area contributed by atoms with E-state index in [-0.39, 0.29) is 24.3 Å². The van der Waals surface area contributed by atoms with Crippen molar-refractivity contribution in [1.82, 2.24) is 5.32 Å². The van der Waals surface area contributed by atoms with Crippen LogP contribution in [0.1, 0.15) is 32.8 Å². The minimum Gasteiger partial charge on any atom is -0.508 e. The van der Waals surface area contributed by atoms with E-state index in [9.17, 15) is 9.90 Å². The number of rotatable bonds is 5. The van der Waals surface area contributed by atoms with Crippen LogP contribution in [0, 0.1) is 5.41 Å². The molecule has 1 amide bonds. The quantitative estimate of drug-likeness (QED) is 0.768. The molecule has 0 spiro atoms. The van der Waals surface area contributed by atoms with E-state index in [0.717, 1.165) is 0 Å². The maximum atomic E-state index is 12.4. The van der Waals surface area contributed by atoms with E-state index >= 15 is 0 Å². The van der Waals surface area contributed by atoms with Crippen molar-refractivity contribution in [1.29, 1.82) is 0 Å². The summed E-state index contributed by atoms with van der Waals surface area (Å²) in [6.45, 7) is 6.72. The van der Waals surface area contributed by atoms with Crippen molar-refractivity contribution in [3.63, 3.8) is 0 Å². The maximum Gasteiger partial charge on any atom is 0.241 e. The third kappa shape index (κ3) is 2.63. The smallest absolute Gasteiger partial charge is 0.241 e. The predicted octanol–water partition coefficient (Wildman–Crippen LogP) is 1.54. The summed E-state index contributed by atoms with van der Waals surface area (Å²) in [6, 6.07) is 6.93. The van der Waals surface area contributed by atoms with Crippen molar-refractivity contribution in [2.24, 2.45) is 11.1 Å². The van der Waals surface area contributed by atoms with Crippen LogP contribution in [0.5, 0.6) is 5.75 Å². The number of carbonyl (C=O) groups is 1. The van der Waals surface area contributed by atoms with E-state index in [1.54, 1.807) is 18.2 Å². The molecule has 5 heteroatoms. The summed E-state index contributed by atoms with van der Waals surface area (Å²) in [7, 11) is 0. The Bertz CT molecular complexity index is 530. The van der Waals surface area contributed by atoms with E-state index in [1.165, 1.54) is 0 Å². The number of carbonyl (C=O) groups excluding carboxylic acids is 1. The lowest BCUT2D eigenvalue weighted by Gasteiger charge is -2.57. The molecule has 0 aliphatic heterocycles. The van der Waals surface area contributed by atoms with Crippen molar-refractivity contribution in [3.05, 3.63) is 29.8 Å². The topological polar surface area (TPSA) is 84.6 Å². The highest BCUT2D eigenvalue weighted by molar-refractivity contribution is 5.88. The number of ether oxygens (including phenoxy) is 1. The second-order valence-corrected chi connectivity index (χ2v) is 6.15. The number of phenolic OH excluding ortho intramolecular Hbond substituents is 1. The molecular formula is C16H24N2O3. The lowest BCUT2D eigenvalue weighted by atomic mass is 9.54. The minimum atomic E-state index is -0.933. The monoisotopic (exact) mass is 292 g/mol. The largest absolute Gasteiger partial charge is 0.508 e. The Hall–Kier alpha value is -1.59. The number of hydrogen-bond acceptors (Lipinski definition) is 4. The molecule has 2 unspecified atom stereocenters. The average molecular weight is 292 g/mol. The van der Waals surface area contributed by atoms with Gasteiger partial charge in [0.05, 0.1) is 6.10 Å². The third-order valence-electron chi connectivity index (χ3n) is 4.67. The normalized spacial score (nSPS) is 27.0. The number of amides is 1. The van der Waals surface area contributed by atoms with Crippen LogP contribution in [0.25, 0.3) is 0 Å². The van der Waals surface area contributed by atoms with Crippen LogP contribution >= 0.6 is 0 Å². The van der Waals surface area contributed by atoms with Gasteiger partial charge >= 0.3 is 0 Å². The lowest BCUT2D eigenvalue weighted by molar-refractivity contribution is -0.170. The molecule has 1 aliphatic rings. The van der Waals surface area contributed by atoms with Crippen LogP contribution in [0.15, 0.2) is 24.3 Å². The molecule has 0 bridgehead atoms. The molecule has 1 aliphatic carbocycles. The van der Waals surface area contributed by atoms with Gasteiger partial charge in [-0.15, -0.1) is 0 Å². The fourth-order valence-corrected chi connectivity index (χ4v) is 2.81. The highest BCUT2D eigenvalue weighted by atomic mass is 16.5. The van der Waals surface area contributed by atoms with Crippen molar-refractivity contribution in [3.8, 4) is 5.75 Å². The first kappa shape index (κ1) is 15.8. The van der Waals surface area contributed by atoms with E-state index in [0.29, 0.717) is 18.6 Å². The first-order valence-corrected chi connectivity index (χ1v) is 7.28. The molecule has 1 aromatic carbocycles. The molecule has 21 heavy (non-hydrogen) atoms. The van der Waals surface area contributed by atoms with Gasteiger partial charge in [-0.3, -0.25) is 4.79 Å². The predicted molar refractivity (Wildman–Crippen MR) is 80.7 cm³/mol.